The first-order chi connectivity index (χ1) is 13.5. The number of hydrogen-bond acceptors (Lipinski definition) is 3. The molecule has 1 atom stereocenters. The van der Waals surface area contributed by atoms with E-state index in [1.807, 2.05) is 61.5 Å². The highest BCUT2D eigenvalue weighted by atomic mass is 16.5. The molecule has 0 aliphatic carbocycles. The number of carbonyl (C=O) groups excluding carboxylic acids is 1. The van der Waals surface area contributed by atoms with E-state index in [0.717, 1.165) is 16.9 Å². The molecule has 1 heterocycles. The minimum absolute atomic E-state index is 0.0716. The van der Waals surface area contributed by atoms with Crippen LogP contribution in [-0.2, 0) is 15.0 Å². The number of methoxy groups -OCH3 is 1. The molecule has 0 aromatic heterocycles. The summed E-state index contributed by atoms with van der Waals surface area (Å²) in [6, 6.07) is 17.1. The van der Waals surface area contributed by atoms with E-state index in [2.05, 4.69) is 0 Å². The van der Waals surface area contributed by atoms with Crippen LogP contribution in [0.1, 0.15) is 43.2 Å². The number of ether oxygens (including phenoxy) is 1. The fraction of sp³-hybridized carbons (Fsp3) is 0.391. The van der Waals surface area contributed by atoms with Gasteiger partial charge in [0.15, 0.2) is 0 Å². The summed E-state index contributed by atoms with van der Waals surface area (Å²) in [5.74, 6) is 0.115. The predicted molar refractivity (Wildman–Crippen MR) is 108 cm³/mol. The predicted octanol–water partition coefficient (Wildman–Crippen LogP) is 3.83. The lowest BCUT2D eigenvalue weighted by Crippen LogP contribution is -2.49. The smallest absolute Gasteiger partial charge is 0.314 e. The second-order valence-corrected chi connectivity index (χ2v) is 7.52. The maximum atomic E-state index is 12.8. The van der Waals surface area contributed by atoms with Crippen molar-refractivity contribution in [3.05, 3.63) is 65.7 Å². The zero-order valence-electron chi connectivity index (χ0n) is 16.4. The topological polar surface area (TPSA) is 66.8 Å². The fourth-order valence-electron chi connectivity index (χ4n) is 3.98. The lowest BCUT2D eigenvalue weighted by molar-refractivity contribution is -0.148. The van der Waals surface area contributed by atoms with Crippen molar-refractivity contribution >= 4 is 11.9 Å². The maximum Gasteiger partial charge on any atom is 0.314 e. The van der Waals surface area contributed by atoms with Gasteiger partial charge in [-0.05, 0) is 42.0 Å². The van der Waals surface area contributed by atoms with Gasteiger partial charge in [-0.15, -0.1) is 0 Å². The van der Waals surface area contributed by atoms with Crippen molar-refractivity contribution < 1.29 is 19.4 Å². The molecule has 0 bridgehead atoms. The lowest BCUT2D eigenvalue weighted by atomic mass is 9.72. The van der Waals surface area contributed by atoms with E-state index in [0.29, 0.717) is 32.4 Å². The van der Waals surface area contributed by atoms with E-state index in [-0.39, 0.29) is 11.8 Å². The van der Waals surface area contributed by atoms with Crippen LogP contribution >= 0.6 is 0 Å². The van der Waals surface area contributed by atoms with Crippen LogP contribution in [0.4, 0.5) is 0 Å². The number of hydrogen-bond donors (Lipinski definition) is 1. The molecule has 1 unspecified atom stereocenters. The molecule has 0 saturated carbocycles. The molecule has 1 amide bonds. The Labute approximate surface area is 165 Å². The van der Waals surface area contributed by atoms with Crippen LogP contribution in [0.2, 0.25) is 0 Å². The molecule has 1 aliphatic rings. The Balaban J connectivity index is 1.65. The number of amides is 1. The van der Waals surface area contributed by atoms with E-state index in [4.69, 9.17) is 4.74 Å². The molecule has 148 valence electrons. The number of piperidine rings is 1. The van der Waals surface area contributed by atoms with Crippen molar-refractivity contribution in [2.75, 3.05) is 20.2 Å². The van der Waals surface area contributed by atoms with Gasteiger partial charge in [-0.3, -0.25) is 9.59 Å². The molecular weight excluding hydrogens is 354 g/mol. The lowest BCUT2D eigenvalue weighted by Gasteiger charge is -2.39. The standard InChI is InChI=1S/C23H27NO4/c1-17(18-7-6-10-20(16-18)28-2)15-21(25)24-13-11-23(12-14-24,22(26)27)19-8-4-3-5-9-19/h3-10,16-17H,11-15H2,1-2H3,(H,26,27). The van der Waals surface area contributed by atoms with Gasteiger partial charge in [0, 0.05) is 19.5 Å². The number of carboxylic acid groups (broad SMARTS) is 1. The highest BCUT2D eigenvalue weighted by Gasteiger charge is 2.43. The molecular formula is C23H27NO4. The number of likely N-dealkylation sites (tertiary alicyclic amines) is 1. The van der Waals surface area contributed by atoms with Crippen LogP contribution in [0, 0.1) is 0 Å². The van der Waals surface area contributed by atoms with Crippen molar-refractivity contribution in [2.24, 2.45) is 0 Å². The van der Waals surface area contributed by atoms with E-state index < -0.39 is 11.4 Å². The molecule has 0 radical (unpaired) electrons. The van der Waals surface area contributed by atoms with Crippen molar-refractivity contribution in [3.63, 3.8) is 0 Å². The van der Waals surface area contributed by atoms with Gasteiger partial charge in [0.2, 0.25) is 5.91 Å². The molecule has 1 aliphatic heterocycles. The molecule has 5 nitrogen and oxygen atoms in total. The van der Waals surface area contributed by atoms with Crippen molar-refractivity contribution in [1.29, 1.82) is 0 Å². The van der Waals surface area contributed by atoms with Crippen LogP contribution in [-0.4, -0.2) is 42.1 Å². The number of rotatable bonds is 6. The highest BCUT2D eigenvalue weighted by molar-refractivity contribution is 5.83. The number of aliphatic carboxylic acids is 1. The van der Waals surface area contributed by atoms with Gasteiger partial charge >= 0.3 is 5.97 Å². The first-order valence-electron chi connectivity index (χ1n) is 9.67. The Morgan fingerprint density at radius 1 is 1.11 bits per heavy atom. The molecule has 0 spiro atoms. The summed E-state index contributed by atoms with van der Waals surface area (Å²) in [7, 11) is 1.63. The molecule has 2 aromatic rings. The van der Waals surface area contributed by atoms with Crippen molar-refractivity contribution in [2.45, 2.75) is 37.5 Å². The minimum Gasteiger partial charge on any atom is -0.497 e. The number of benzene rings is 2. The van der Waals surface area contributed by atoms with Gasteiger partial charge in [0.05, 0.1) is 12.5 Å². The van der Waals surface area contributed by atoms with E-state index >= 15 is 0 Å². The van der Waals surface area contributed by atoms with Crippen LogP contribution in [0.25, 0.3) is 0 Å². The highest BCUT2D eigenvalue weighted by Crippen LogP contribution is 2.36. The van der Waals surface area contributed by atoms with Crippen molar-refractivity contribution in [1.82, 2.24) is 4.90 Å². The molecule has 5 heteroatoms. The normalized spacial score (nSPS) is 17.0. The fourth-order valence-corrected chi connectivity index (χ4v) is 3.98. The van der Waals surface area contributed by atoms with Gasteiger partial charge in [0.25, 0.3) is 0 Å². The molecule has 3 rings (SSSR count). The third-order valence-corrected chi connectivity index (χ3v) is 5.85. The monoisotopic (exact) mass is 381 g/mol. The number of carbonyl (C=O) groups is 2. The summed E-state index contributed by atoms with van der Waals surface area (Å²) in [5, 5.41) is 9.90. The Morgan fingerprint density at radius 2 is 1.79 bits per heavy atom. The molecule has 1 N–H and O–H groups in total. The largest absolute Gasteiger partial charge is 0.497 e. The SMILES string of the molecule is COc1cccc(C(C)CC(=O)N2CCC(C(=O)O)(c3ccccc3)CC2)c1. The van der Waals surface area contributed by atoms with Crippen LogP contribution in [0.15, 0.2) is 54.6 Å². The molecule has 1 fully saturated rings. The second-order valence-electron chi connectivity index (χ2n) is 7.52. The first-order valence-corrected chi connectivity index (χ1v) is 9.67. The molecule has 2 aromatic carbocycles. The molecule has 1 saturated heterocycles. The minimum atomic E-state index is -0.906. The quantitative estimate of drug-likeness (QED) is 0.826. The maximum absolute atomic E-state index is 12.8. The third-order valence-electron chi connectivity index (χ3n) is 5.85. The number of carboxylic acids is 1. The Bertz CT molecular complexity index is 826. The van der Waals surface area contributed by atoms with Gasteiger partial charge in [-0.2, -0.15) is 0 Å². The third kappa shape index (κ3) is 4.03. The summed E-state index contributed by atoms with van der Waals surface area (Å²) < 4.78 is 5.26. The van der Waals surface area contributed by atoms with E-state index in [1.165, 1.54) is 0 Å². The summed E-state index contributed by atoms with van der Waals surface area (Å²) in [6.45, 7) is 2.96. The first kappa shape index (κ1) is 19.9. The van der Waals surface area contributed by atoms with E-state index in [1.54, 1.807) is 12.0 Å². The Morgan fingerprint density at radius 3 is 2.39 bits per heavy atom. The molecule has 28 heavy (non-hydrogen) atoms. The summed E-state index contributed by atoms with van der Waals surface area (Å²) in [6.07, 6.45) is 1.27. The summed E-state index contributed by atoms with van der Waals surface area (Å²) >= 11 is 0. The van der Waals surface area contributed by atoms with Gasteiger partial charge in [0.1, 0.15) is 5.75 Å². The van der Waals surface area contributed by atoms with Crippen LogP contribution in [0.5, 0.6) is 5.75 Å². The zero-order valence-corrected chi connectivity index (χ0v) is 16.4. The summed E-state index contributed by atoms with van der Waals surface area (Å²) in [4.78, 5) is 26.7. The van der Waals surface area contributed by atoms with Gasteiger partial charge in [-0.1, -0.05) is 49.4 Å². The van der Waals surface area contributed by atoms with Crippen LogP contribution < -0.4 is 4.74 Å². The average Bonchev–Trinajstić information content (AvgIpc) is 2.74. The Kier molecular flexibility index (Phi) is 6.02. The van der Waals surface area contributed by atoms with E-state index in [9.17, 15) is 14.7 Å². The van der Waals surface area contributed by atoms with Gasteiger partial charge in [-0.25, -0.2) is 0 Å². The van der Waals surface area contributed by atoms with Crippen molar-refractivity contribution in [3.8, 4) is 5.75 Å². The van der Waals surface area contributed by atoms with Crippen LogP contribution in [0.3, 0.4) is 0 Å². The zero-order chi connectivity index (χ0) is 20.1. The average molecular weight is 381 g/mol. The second kappa shape index (κ2) is 8.46. The van der Waals surface area contributed by atoms with Gasteiger partial charge < -0.3 is 14.7 Å². The summed E-state index contributed by atoms with van der Waals surface area (Å²) in [5.41, 5.74) is 0.976. The Hall–Kier alpha value is -2.82. The number of nitrogens with zero attached hydrogens (tertiary/aromatic N) is 1.